The lowest BCUT2D eigenvalue weighted by Crippen LogP contribution is -2.22. The van der Waals surface area contributed by atoms with E-state index in [4.69, 9.17) is 0 Å². The lowest BCUT2D eigenvalue weighted by Gasteiger charge is -1.83. The Kier molecular flexibility index (Phi) is 1.86. The maximum atomic E-state index is 3.90. The van der Waals surface area contributed by atoms with Crippen LogP contribution in [0, 0.1) is 0 Å². The predicted molar refractivity (Wildman–Crippen MR) is 33.3 cm³/mol. The fourth-order valence-electron chi connectivity index (χ4n) is 0.424. The van der Waals surface area contributed by atoms with Crippen LogP contribution >= 0.6 is 11.9 Å². The second-order valence-corrected chi connectivity index (χ2v) is 2.08. The molecule has 0 aromatic carbocycles. The molecule has 0 amide bonds. The van der Waals surface area contributed by atoms with Gasteiger partial charge in [0.1, 0.15) is 12.4 Å². The maximum absolute atomic E-state index is 3.90. The summed E-state index contributed by atoms with van der Waals surface area (Å²) in [6.45, 7) is 0. The molecule has 0 N–H and O–H groups in total. The number of rotatable bonds is 1. The van der Waals surface area contributed by atoms with Crippen LogP contribution in [0.4, 0.5) is 0 Å². The van der Waals surface area contributed by atoms with E-state index in [-0.39, 0.29) is 0 Å². The van der Waals surface area contributed by atoms with Gasteiger partial charge in [-0.05, 0) is 0 Å². The van der Waals surface area contributed by atoms with Gasteiger partial charge in [0, 0.05) is 12.3 Å². The highest BCUT2D eigenvalue weighted by Gasteiger charge is 1.87. The van der Waals surface area contributed by atoms with E-state index < -0.39 is 0 Å². The zero-order valence-electron chi connectivity index (χ0n) is 4.61. The molecule has 2 nitrogen and oxygen atoms in total. The molecule has 1 heterocycles. The third-order valence-corrected chi connectivity index (χ3v) is 1.43. The van der Waals surface area contributed by atoms with Crippen molar-refractivity contribution in [1.82, 2.24) is 4.98 Å². The molecule has 0 bridgehead atoms. The van der Waals surface area contributed by atoms with E-state index in [0.29, 0.717) is 0 Å². The molecule has 0 aliphatic carbocycles. The van der Waals surface area contributed by atoms with E-state index in [1.54, 1.807) is 24.5 Å². The molecule has 0 aliphatic heterocycles. The number of hydrogen-bond donors (Lipinski definition) is 0. The summed E-state index contributed by atoms with van der Waals surface area (Å²) in [6.07, 6.45) is 7.48. The Hall–Kier alpha value is -0.570. The standard InChI is InChI=1S/C5H7N2S/c1-8-7-4-2-3-6-5-7/h2-5H,1H3/q+1. The Bertz CT molecular complexity index is 152. The van der Waals surface area contributed by atoms with Crippen LogP contribution in [0.25, 0.3) is 0 Å². The van der Waals surface area contributed by atoms with Crippen LogP contribution in [0.1, 0.15) is 0 Å². The second-order valence-electron chi connectivity index (χ2n) is 1.30. The lowest BCUT2D eigenvalue weighted by molar-refractivity contribution is -0.497. The largest absolute Gasteiger partial charge is 0.297 e. The molecule has 0 saturated heterocycles. The Labute approximate surface area is 52.7 Å². The van der Waals surface area contributed by atoms with E-state index >= 15 is 0 Å². The smallest absolute Gasteiger partial charge is 0.172 e. The van der Waals surface area contributed by atoms with Crippen LogP contribution in [-0.4, -0.2) is 11.2 Å². The van der Waals surface area contributed by atoms with Gasteiger partial charge in [0.2, 0.25) is 0 Å². The van der Waals surface area contributed by atoms with E-state index in [2.05, 4.69) is 4.98 Å². The van der Waals surface area contributed by atoms with Gasteiger partial charge < -0.3 is 0 Å². The van der Waals surface area contributed by atoms with Crippen LogP contribution in [0.5, 0.6) is 0 Å². The summed E-state index contributed by atoms with van der Waals surface area (Å²) in [7, 11) is 0. The topological polar surface area (TPSA) is 16.8 Å². The van der Waals surface area contributed by atoms with Crippen molar-refractivity contribution >= 4 is 11.9 Å². The van der Waals surface area contributed by atoms with Gasteiger partial charge >= 0.3 is 0 Å². The Balaban J connectivity index is 2.83. The summed E-state index contributed by atoms with van der Waals surface area (Å²) in [5.41, 5.74) is 0. The average Bonchev–Trinajstić information content (AvgIpc) is 1.90. The molecule has 1 aromatic rings. The molecule has 0 radical (unpaired) electrons. The molecule has 1 rings (SSSR count). The summed E-state index contributed by atoms with van der Waals surface area (Å²) >= 11 is 1.62. The minimum absolute atomic E-state index is 1.62. The van der Waals surface area contributed by atoms with Gasteiger partial charge in [-0.2, -0.15) is 3.97 Å². The van der Waals surface area contributed by atoms with Crippen LogP contribution in [0.3, 0.4) is 0 Å². The minimum Gasteiger partial charge on any atom is -0.172 e. The molecule has 0 atom stereocenters. The number of aromatic nitrogens is 2. The number of nitrogens with zero attached hydrogens (tertiary/aromatic N) is 2. The maximum Gasteiger partial charge on any atom is 0.297 e. The molecule has 0 aliphatic rings. The zero-order valence-corrected chi connectivity index (χ0v) is 5.43. The van der Waals surface area contributed by atoms with Crippen molar-refractivity contribution in [2.24, 2.45) is 0 Å². The normalized spacial score (nSPS) is 9.12. The van der Waals surface area contributed by atoms with Crippen molar-refractivity contribution in [3.8, 4) is 0 Å². The quantitative estimate of drug-likeness (QED) is 0.511. The molecule has 0 spiro atoms. The van der Waals surface area contributed by atoms with Gasteiger partial charge in [-0.25, -0.2) is 0 Å². The third-order valence-electron chi connectivity index (χ3n) is 0.796. The van der Waals surface area contributed by atoms with Gasteiger partial charge in [0.05, 0.1) is 11.9 Å². The third kappa shape index (κ3) is 1.20. The lowest BCUT2D eigenvalue weighted by atomic mass is 10.7. The molecule has 8 heavy (non-hydrogen) atoms. The van der Waals surface area contributed by atoms with Crippen LogP contribution in [0.15, 0.2) is 24.8 Å². The first-order valence-electron chi connectivity index (χ1n) is 2.29. The Morgan fingerprint density at radius 2 is 2.50 bits per heavy atom. The van der Waals surface area contributed by atoms with Crippen molar-refractivity contribution in [1.29, 1.82) is 0 Å². The molecular formula is C5H7N2S+. The Morgan fingerprint density at radius 1 is 1.62 bits per heavy atom. The number of hydrogen-bond acceptors (Lipinski definition) is 2. The van der Waals surface area contributed by atoms with E-state index in [0.717, 1.165) is 0 Å². The average molecular weight is 127 g/mol. The highest BCUT2D eigenvalue weighted by atomic mass is 32.2. The molecule has 3 heteroatoms. The SMILES string of the molecule is CS[n+]1cccnc1. The summed E-state index contributed by atoms with van der Waals surface area (Å²) in [4.78, 5) is 3.90. The fourth-order valence-corrected chi connectivity index (χ4v) is 0.764. The minimum atomic E-state index is 1.62. The first kappa shape index (κ1) is 5.56. The molecule has 42 valence electrons. The Morgan fingerprint density at radius 3 is 2.88 bits per heavy atom. The van der Waals surface area contributed by atoms with Crippen molar-refractivity contribution in [2.75, 3.05) is 6.26 Å². The van der Waals surface area contributed by atoms with Crippen LogP contribution in [0.2, 0.25) is 0 Å². The highest BCUT2D eigenvalue weighted by Crippen LogP contribution is 1.80. The summed E-state index contributed by atoms with van der Waals surface area (Å²) < 4.78 is 1.93. The highest BCUT2D eigenvalue weighted by molar-refractivity contribution is 7.92. The summed E-state index contributed by atoms with van der Waals surface area (Å²) in [5.74, 6) is 0. The van der Waals surface area contributed by atoms with Gasteiger partial charge in [-0.1, -0.05) is 4.98 Å². The van der Waals surface area contributed by atoms with Crippen LogP contribution in [-0.2, 0) is 0 Å². The van der Waals surface area contributed by atoms with E-state index in [9.17, 15) is 0 Å². The first-order valence-corrected chi connectivity index (χ1v) is 3.47. The van der Waals surface area contributed by atoms with E-state index in [1.165, 1.54) is 0 Å². The second kappa shape index (κ2) is 2.67. The van der Waals surface area contributed by atoms with Crippen molar-refractivity contribution < 1.29 is 3.97 Å². The molecule has 0 unspecified atom stereocenters. The molecule has 1 aromatic heterocycles. The molecular weight excluding hydrogens is 120 g/mol. The molecule has 0 fully saturated rings. The van der Waals surface area contributed by atoms with Gasteiger partial charge in [-0.3, -0.25) is 0 Å². The summed E-state index contributed by atoms with van der Waals surface area (Å²) in [6, 6.07) is 1.90. The van der Waals surface area contributed by atoms with E-state index in [1.807, 2.05) is 22.5 Å². The summed E-state index contributed by atoms with van der Waals surface area (Å²) in [5, 5.41) is 0. The van der Waals surface area contributed by atoms with Crippen molar-refractivity contribution in [2.45, 2.75) is 0 Å². The fraction of sp³-hybridized carbons (Fsp3) is 0.200. The van der Waals surface area contributed by atoms with Crippen LogP contribution < -0.4 is 3.97 Å². The van der Waals surface area contributed by atoms with Gasteiger partial charge in [-0.15, -0.1) is 0 Å². The monoisotopic (exact) mass is 127 g/mol. The predicted octanol–water partition coefficient (Wildman–Crippen LogP) is 0.495. The zero-order chi connectivity index (χ0) is 5.82. The van der Waals surface area contributed by atoms with Gasteiger partial charge in [0.25, 0.3) is 6.33 Å². The van der Waals surface area contributed by atoms with Crippen molar-refractivity contribution in [3.63, 3.8) is 0 Å². The molecule has 0 saturated carbocycles. The van der Waals surface area contributed by atoms with Gasteiger partial charge in [0.15, 0.2) is 0 Å². The first-order chi connectivity index (χ1) is 3.93. The van der Waals surface area contributed by atoms with Crippen molar-refractivity contribution in [3.05, 3.63) is 24.8 Å².